The van der Waals surface area contributed by atoms with E-state index in [1.165, 1.54) is 9.80 Å². The van der Waals surface area contributed by atoms with Gasteiger partial charge in [-0.15, -0.1) is 0 Å². The molecule has 0 fully saturated rings. The van der Waals surface area contributed by atoms with Crippen molar-refractivity contribution in [1.82, 2.24) is 9.80 Å². The smallest absolute Gasteiger partial charge is 0.397 e. The van der Waals surface area contributed by atoms with E-state index in [9.17, 15) is 38.4 Å². The molecule has 18 nitrogen and oxygen atoms in total. The first-order valence-electron chi connectivity index (χ1n) is 24.4. The molecule has 6 amide bonds. The molecule has 72 heavy (non-hydrogen) atoms. The van der Waals surface area contributed by atoms with Gasteiger partial charge >= 0.3 is 47.4 Å². The topological polar surface area (TPSA) is 228 Å². The lowest BCUT2D eigenvalue weighted by atomic mass is 9.99. The van der Waals surface area contributed by atoms with Crippen LogP contribution in [0.15, 0.2) is 97.1 Å². The van der Waals surface area contributed by atoms with E-state index in [4.69, 9.17) is 9.47 Å². The first kappa shape index (κ1) is 58.6. The standard InChI is InChI=1S/C34H50N4O5.C20H20N2O7/c1-7-11-13-25(9-3)23-37(5)33(41)31(39)35-27-15-19-29(20-16-27)43-30-21-17-28(18-22-30)36-32(40)34(42)38(6)24-26(10-4)14-12-8-2;1-3-27-19(25)17(23)21-13-5-9-15(10-6-13)29-16-11-7-14(8-12-16)22-18(24)20(26)28-4-2/h15-22,25-26H,7-14,23-24H2,1-6H3,(H,35,39)(H,36,40);5-12H,3-4H2,1-2H3,(H,21,23)(H,22,24). The largest absolute Gasteiger partial charge is 0.459 e. The lowest BCUT2D eigenvalue weighted by molar-refractivity contribution is -0.152. The number of amides is 6. The van der Waals surface area contributed by atoms with Crippen molar-refractivity contribution in [1.29, 1.82) is 0 Å². The SMILES string of the molecule is CCCCC(CC)CN(C)C(=O)C(=O)Nc1ccc(Oc2ccc(NC(=O)C(=O)N(C)CC(CC)CCCC)cc2)cc1.CCOC(=O)C(=O)Nc1ccc(Oc2ccc(NC(=O)C(=O)OCC)cc2)cc1. The Hall–Kier alpha value is -7.76. The Kier molecular flexibility index (Phi) is 25.6. The second kappa shape index (κ2) is 31.5. The normalized spacial score (nSPS) is 11.2. The van der Waals surface area contributed by atoms with E-state index in [2.05, 4.69) is 58.4 Å². The molecule has 4 aromatic rings. The van der Waals surface area contributed by atoms with Crippen molar-refractivity contribution < 1.29 is 57.3 Å². The zero-order valence-electron chi connectivity index (χ0n) is 42.7. The Morgan fingerprint density at radius 2 is 0.681 bits per heavy atom. The third kappa shape index (κ3) is 20.7. The summed E-state index contributed by atoms with van der Waals surface area (Å²) in [5.41, 5.74) is 1.79. The molecule has 2 atom stereocenters. The van der Waals surface area contributed by atoms with E-state index in [-0.39, 0.29) is 13.2 Å². The summed E-state index contributed by atoms with van der Waals surface area (Å²) in [5.74, 6) is -3.30. The molecule has 0 saturated heterocycles. The fraction of sp³-hybridized carbons (Fsp3) is 0.407. The second-order valence-corrected chi connectivity index (χ2v) is 16.8. The molecule has 0 aromatic heterocycles. The van der Waals surface area contributed by atoms with Gasteiger partial charge in [0, 0.05) is 49.9 Å². The van der Waals surface area contributed by atoms with Gasteiger partial charge in [0.15, 0.2) is 0 Å². The minimum Gasteiger partial charge on any atom is -0.459 e. The predicted octanol–water partition coefficient (Wildman–Crippen LogP) is 9.19. The number of anilines is 4. The van der Waals surface area contributed by atoms with Gasteiger partial charge < -0.3 is 50.0 Å². The van der Waals surface area contributed by atoms with Crippen LogP contribution in [-0.2, 0) is 47.8 Å². The summed E-state index contributed by atoms with van der Waals surface area (Å²) in [7, 11) is 3.33. The molecule has 0 spiro atoms. The van der Waals surface area contributed by atoms with E-state index in [1.807, 2.05) is 0 Å². The van der Waals surface area contributed by atoms with Gasteiger partial charge in [-0.25, -0.2) is 9.59 Å². The molecule has 0 aliphatic rings. The van der Waals surface area contributed by atoms with Gasteiger partial charge in [0.25, 0.3) is 0 Å². The van der Waals surface area contributed by atoms with Crippen molar-refractivity contribution in [2.75, 3.05) is 61.7 Å². The maximum atomic E-state index is 12.6. The third-order valence-corrected chi connectivity index (χ3v) is 11.1. The van der Waals surface area contributed by atoms with E-state index in [0.29, 0.717) is 70.7 Å². The second-order valence-electron chi connectivity index (χ2n) is 16.8. The predicted molar refractivity (Wildman–Crippen MR) is 276 cm³/mol. The van der Waals surface area contributed by atoms with Gasteiger partial charge in [0.05, 0.1) is 13.2 Å². The van der Waals surface area contributed by atoms with Crippen LogP contribution in [0.3, 0.4) is 0 Å². The van der Waals surface area contributed by atoms with E-state index < -0.39 is 47.4 Å². The molecule has 0 aliphatic heterocycles. The number of carbonyl (C=O) groups excluding carboxylic acids is 8. The molecule has 2 unspecified atom stereocenters. The first-order chi connectivity index (χ1) is 34.5. The van der Waals surface area contributed by atoms with Crippen LogP contribution in [0.4, 0.5) is 22.7 Å². The van der Waals surface area contributed by atoms with Crippen molar-refractivity contribution in [2.45, 2.75) is 92.9 Å². The number of hydrogen-bond donors (Lipinski definition) is 4. The molecular formula is C54H70N6O12. The zero-order chi connectivity index (χ0) is 53.0. The Morgan fingerprint density at radius 3 is 0.917 bits per heavy atom. The van der Waals surface area contributed by atoms with Crippen molar-refractivity contribution in [3.63, 3.8) is 0 Å². The monoisotopic (exact) mass is 995 g/mol. The summed E-state index contributed by atoms with van der Waals surface area (Å²) in [6.45, 7) is 13.1. The van der Waals surface area contributed by atoms with Crippen LogP contribution in [0.25, 0.3) is 0 Å². The van der Waals surface area contributed by atoms with Crippen LogP contribution in [0.2, 0.25) is 0 Å². The quantitative estimate of drug-likeness (QED) is 0.0427. The molecule has 388 valence electrons. The number of carbonyl (C=O) groups is 8. The maximum Gasteiger partial charge on any atom is 0.397 e. The van der Waals surface area contributed by atoms with Gasteiger partial charge in [-0.05, 0) is 136 Å². The van der Waals surface area contributed by atoms with Gasteiger partial charge in [0.2, 0.25) is 0 Å². The molecule has 0 heterocycles. The maximum absolute atomic E-state index is 12.6. The molecule has 4 N–H and O–H groups in total. The van der Waals surface area contributed by atoms with E-state index in [1.54, 1.807) is 125 Å². The van der Waals surface area contributed by atoms with Crippen LogP contribution in [0.5, 0.6) is 23.0 Å². The fourth-order valence-electron chi connectivity index (χ4n) is 6.95. The minimum absolute atomic E-state index is 0.115. The fourth-order valence-corrected chi connectivity index (χ4v) is 6.95. The number of esters is 2. The van der Waals surface area contributed by atoms with Crippen molar-refractivity contribution >= 4 is 70.1 Å². The molecule has 0 bridgehead atoms. The van der Waals surface area contributed by atoms with Gasteiger partial charge in [-0.1, -0.05) is 66.2 Å². The van der Waals surface area contributed by atoms with Crippen LogP contribution in [-0.4, -0.2) is 97.6 Å². The molecule has 0 saturated carbocycles. The Labute approximate surface area is 422 Å². The van der Waals surface area contributed by atoms with Gasteiger partial charge in [0.1, 0.15) is 23.0 Å². The summed E-state index contributed by atoms with van der Waals surface area (Å²) in [4.78, 5) is 99.0. The highest BCUT2D eigenvalue weighted by Gasteiger charge is 2.23. The molecule has 4 rings (SSSR count). The molecule has 0 aliphatic carbocycles. The average Bonchev–Trinajstić information content (AvgIpc) is 3.38. The molecular weight excluding hydrogens is 925 g/mol. The van der Waals surface area contributed by atoms with Crippen molar-refractivity contribution in [2.24, 2.45) is 11.8 Å². The van der Waals surface area contributed by atoms with E-state index in [0.717, 1.165) is 51.4 Å². The number of nitrogens with one attached hydrogen (secondary N) is 4. The third-order valence-electron chi connectivity index (χ3n) is 11.1. The number of unbranched alkanes of at least 4 members (excludes halogenated alkanes) is 2. The average molecular weight is 995 g/mol. The van der Waals surface area contributed by atoms with Crippen LogP contribution in [0.1, 0.15) is 92.9 Å². The lowest BCUT2D eigenvalue weighted by Gasteiger charge is -2.23. The molecule has 0 radical (unpaired) electrons. The Morgan fingerprint density at radius 1 is 0.417 bits per heavy atom. The summed E-state index contributed by atoms with van der Waals surface area (Å²) >= 11 is 0. The number of nitrogens with zero attached hydrogens (tertiary/aromatic N) is 2. The number of benzene rings is 4. The van der Waals surface area contributed by atoms with Crippen LogP contribution < -0.4 is 30.7 Å². The summed E-state index contributed by atoms with van der Waals surface area (Å²) < 4.78 is 20.8. The van der Waals surface area contributed by atoms with Crippen molar-refractivity contribution in [3.05, 3.63) is 97.1 Å². The number of ether oxygens (including phenoxy) is 4. The van der Waals surface area contributed by atoms with Gasteiger partial charge in [-0.3, -0.25) is 28.8 Å². The summed E-state index contributed by atoms with van der Waals surface area (Å²) in [5, 5.41) is 10.1. The highest BCUT2D eigenvalue weighted by atomic mass is 16.5. The lowest BCUT2D eigenvalue weighted by Crippen LogP contribution is -2.39. The number of hydrogen-bond acceptors (Lipinski definition) is 12. The first-order valence-corrected chi connectivity index (χ1v) is 24.4. The Bertz CT molecular complexity index is 2210. The molecule has 4 aromatic carbocycles. The van der Waals surface area contributed by atoms with Crippen molar-refractivity contribution in [3.8, 4) is 23.0 Å². The highest BCUT2D eigenvalue weighted by molar-refractivity contribution is 6.40. The van der Waals surface area contributed by atoms with Crippen LogP contribution in [0, 0.1) is 11.8 Å². The summed E-state index contributed by atoms with van der Waals surface area (Å²) in [6.07, 6.45) is 8.46. The highest BCUT2D eigenvalue weighted by Crippen LogP contribution is 2.26. The zero-order valence-corrected chi connectivity index (χ0v) is 42.7. The number of rotatable bonds is 22. The number of likely N-dealkylation sites (N-methyl/N-ethyl adjacent to an activating group) is 2. The van der Waals surface area contributed by atoms with E-state index >= 15 is 0 Å². The van der Waals surface area contributed by atoms with Crippen LogP contribution >= 0.6 is 0 Å². The molecule has 18 heteroatoms. The Balaban J connectivity index is 0.000000410. The minimum atomic E-state index is -0.956. The van der Waals surface area contributed by atoms with Gasteiger partial charge in [-0.2, -0.15) is 0 Å². The summed E-state index contributed by atoms with van der Waals surface area (Å²) in [6, 6.07) is 26.1.